The Hall–Kier alpha value is -1.96. The maximum Gasteiger partial charge on any atom is 0.0671 e. The monoisotopic (exact) mass is 206 g/mol. The van der Waals surface area contributed by atoms with Crippen molar-refractivity contribution in [2.24, 2.45) is 9.98 Å². The first kappa shape index (κ1) is 8.22. The van der Waals surface area contributed by atoms with Crippen molar-refractivity contribution in [3.63, 3.8) is 0 Å². The van der Waals surface area contributed by atoms with Crippen molar-refractivity contribution in [3.05, 3.63) is 41.1 Å². The number of hydrogen-bond acceptors (Lipinski definition) is 2. The zero-order valence-electron chi connectivity index (χ0n) is 8.77. The first-order valence-electron chi connectivity index (χ1n) is 5.53. The van der Waals surface area contributed by atoms with Gasteiger partial charge in [-0.05, 0) is 40.5 Å². The highest BCUT2D eigenvalue weighted by Crippen LogP contribution is 2.41. The molecule has 0 unspecified atom stereocenters. The van der Waals surface area contributed by atoms with E-state index in [0.29, 0.717) is 0 Å². The molecule has 5 bridgehead atoms. The lowest BCUT2D eigenvalue weighted by atomic mass is 9.94. The topological polar surface area (TPSA) is 24.7 Å². The van der Waals surface area contributed by atoms with Crippen LogP contribution >= 0.6 is 0 Å². The number of allylic oxidation sites excluding steroid dienone is 2. The van der Waals surface area contributed by atoms with Gasteiger partial charge < -0.3 is 0 Å². The van der Waals surface area contributed by atoms with E-state index in [2.05, 4.69) is 34.3 Å². The van der Waals surface area contributed by atoms with E-state index in [4.69, 9.17) is 0 Å². The third-order valence-corrected chi connectivity index (χ3v) is 3.42. The van der Waals surface area contributed by atoms with Crippen LogP contribution in [0, 0.1) is 0 Å². The summed E-state index contributed by atoms with van der Waals surface area (Å²) in [7, 11) is 0. The average Bonchev–Trinajstić information content (AvgIpc) is 2.57. The Morgan fingerprint density at radius 1 is 1.12 bits per heavy atom. The van der Waals surface area contributed by atoms with E-state index in [-0.39, 0.29) is 0 Å². The van der Waals surface area contributed by atoms with Crippen LogP contribution in [0.15, 0.2) is 34.4 Å². The Bertz CT molecular complexity index is 616. The van der Waals surface area contributed by atoms with E-state index in [1.807, 2.05) is 12.4 Å². The highest BCUT2D eigenvalue weighted by atomic mass is 14.8. The summed E-state index contributed by atoms with van der Waals surface area (Å²) in [5.41, 5.74) is 7.83. The zero-order chi connectivity index (χ0) is 10.5. The second-order valence-electron chi connectivity index (χ2n) is 4.36. The maximum atomic E-state index is 4.68. The van der Waals surface area contributed by atoms with Crippen molar-refractivity contribution < 1.29 is 0 Å². The number of aliphatic imine (C=N–C) groups is 2. The fourth-order valence-corrected chi connectivity index (χ4v) is 2.69. The van der Waals surface area contributed by atoms with E-state index in [1.54, 1.807) is 0 Å². The summed E-state index contributed by atoms with van der Waals surface area (Å²) in [6.07, 6.45) is 9.94. The molecule has 1 aromatic carbocycles. The van der Waals surface area contributed by atoms with Crippen molar-refractivity contribution in [2.45, 2.75) is 12.8 Å². The van der Waals surface area contributed by atoms with Gasteiger partial charge in [-0.2, -0.15) is 0 Å². The largest absolute Gasteiger partial charge is 0.265 e. The normalized spacial score (nSPS) is 19.0. The fourth-order valence-electron chi connectivity index (χ4n) is 2.69. The van der Waals surface area contributed by atoms with Crippen molar-refractivity contribution in [2.75, 3.05) is 0 Å². The molecule has 1 aliphatic carbocycles. The molecule has 0 N–H and O–H groups in total. The minimum atomic E-state index is 0.968. The molecular weight excluding hydrogens is 196 g/mol. The van der Waals surface area contributed by atoms with Gasteiger partial charge in [0.1, 0.15) is 0 Å². The van der Waals surface area contributed by atoms with Gasteiger partial charge in [0.15, 0.2) is 0 Å². The van der Waals surface area contributed by atoms with Crippen molar-refractivity contribution >= 4 is 29.3 Å². The van der Waals surface area contributed by atoms with E-state index < -0.39 is 0 Å². The molecule has 0 saturated heterocycles. The third kappa shape index (κ3) is 0.963. The first-order valence-corrected chi connectivity index (χ1v) is 5.53. The van der Waals surface area contributed by atoms with Crippen LogP contribution in [0.25, 0.3) is 11.6 Å². The van der Waals surface area contributed by atoms with Crippen molar-refractivity contribution in [1.82, 2.24) is 0 Å². The fraction of sp³-hybridized carbons (Fsp3) is 0.143. The SMILES string of the molecule is C1=Cc2c3ccc4c2CC(=N4)CC3=CC=N1. The first-order chi connectivity index (χ1) is 7.92. The molecule has 0 aromatic heterocycles. The standard InChI is InChI=1S/C14H10N2/c1-2-14-13-8-10(16-14)7-9-3-5-15-6-4-12(13)11(1)9/h1-6H,7-8H2. The van der Waals surface area contributed by atoms with Crippen LogP contribution in [0.3, 0.4) is 0 Å². The molecule has 2 heteroatoms. The van der Waals surface area contributed by atoms with Crippen LogP contribution in [0.4, 0.5) is 5.69 Å². The highest BCUT2D eigenvalue weighted by molar-refractivity contribution is 6.07. The van der Waals surface area contributed by atoms with Crippen LogP contribution in [-0.4, -0.2) is 11.9 Å². The molecule has 0 spiro atoms. The lowest BCUT2D eigenvalue weighted by molar-refractivity contribution is 1.37. The molecule has 3 aliphatic rings. The molecule has 4 rings (SSSR count). The molecule has 0 saturated carbocycles. The quantitative estimate of drug-likeness (QED) is 0.623. The van der Waals surface area contributed by atoms with E-state index >= 15 is 0 Å². The van der Waals surface area contributed by atoms with Crippen LogP contribution in [0.1, 0.15) is 23.1 Å². The highest BCUT2D eigenvalue weighted by Gasteiger charge is 2.25. The summed E-state index contributed by atoms with van der Waals surface area (Å²) >= 11 is 0. The van der Waals surface area contributed by atoms with Gasteiger partial charge in [-0.3, -0.25) is 9.98 Å². The van der Waals surface area contributed by atoms with E-state index in [0.717, 1.165) is 18.5 Å². The molecule has 1 aromatic rings. The van der Waals surface area contributed by atoms with Gasteiger partial charge in [0.05, 0.1) is 5.69 Å². The predicted octanol–water partition coefficient (Wildman–Crippen LogP) is 3.16. The predicted molar refractivity (Wildman–Crippen MR) is 67.4 cm³/mol. The Morgan fingerprint density at radius 2 is 2.12 bits per heavy atom. The summed E-state index contributed by atoms with van der Waals surface area (Å²) in [5.74, 6) is 0. The molecule has 0 amide bonds. The molecule has 16 heavy (non-hydrogen) atoms. The van der Waals surface area contributed by atoms with Crippen LogP contribution < -0.4 is 0 Å². The van der Waals surface area contributed by atoms with Crippen molar-refractivity contribution in [3.8, 4) is 0 Å². The summed E-state index contributed by atoms with van der Waals surface area (Å²) in [5, 5.41) is 0. The number of benzene rings is 1. The van der Waals surface area contributed by atoms with Gasteiger partial charge in [-0.25, -0.2) is 0 Å². The summed E-state index contributed by atoms with van der Waals surface area (Å²) in [6.45, 7) is 0. The van der Waals surface area contributed by atoms with Gasteiger partial charge in [-0.1, -0.05) is 6.07 Å². The van der Waals surface area contributed by atoms with E-state index in [1.165, 1.54) is 28.0 Å². The average molecular weight is 206 g/mol. The molecule has 0 fully saturated rings. The second kappa shape index (κ2) is 2.79. The molecule has 0 radical (unpaired) electrons. The summed E-state index contributed by atoms with van der Waals surface area (Å²) < 4.78 is 0. The van der Waals surface area contributed by atoms with Gasteiger partial charge in [0.25, 0.3) is 0 Å². The molecule has 76 valence electrons. The minimum absolute atomic E-state index is 0.968. The zero-order valence-corrected chi connectivity index (χ0v) is 8.77. The van der Waals surface area contributed by atoms with Crippen LogP contribution in [0.2, 0.25) is 0 Å². The number of hydrogen-bond donors (Lipinski definition) is 0. The molecule has 2 heterocycles. The molecule has 2 nitrogen and oxygen atoms in total. The lowest BCUT2D eigenvalue weighted by Crippen LogP contribution is -1.97. The smallest absolute Gasteiger partial charge is 0.0671 e. The molecule has 0 atom stereocenters. The summed E-state index contributed by atoms with van der Waals surface area (Å²) in [4.78, 5) is 8.90. The van der Waals surface area contributed by atoms with Crippen LogP contribution in [0.5, 0.6) is 0 Å². The molecular formula is C14H10N2. The van der Waals surface area contributed by atoms with Gasteiger partial charge >= 0.3 is 0 Å². The third-order valence-electron chi connectivity index (χ3n) is 3.42. The minimum Gasteiger partial charge on any atom is -0.265 e. The molecule has 2 aliphatic heterocycles. The second-order valence-corrected chi connectivity index (χ2v) is 4.36. The van der Waals surface area contributed by atoms with Crippen molar-refractivity contribution in [1.29, 1.82) is 0 Å². The van der Waals surface area contributed by atoms with Gasteiger partial charge in [0.2, 0.25) is 0 Å². The summed E-state index contributed by atoms with van der Waals surface area (Å²) in [6, 6.07) is 4.33. The Morgan fingerprint density at radius 3 is 3.12 bits per heavy atom. The maximum absolute atomic E-state index is 4.68. The Balaban J connectivity index is 2.16. The van der Waals surface area contributed by atoms with E-state index in [9.17, 15) is 0 Å². The number of fused-ring (bicyclic) bond motifs is 1. The number of rotatable bonds is 0. The van der Waals surface area contributed by atoms with Crippen LogP contribution in [-0.2, 0) is 6.42 Å². The Kier molecular flexibility index (Phi) is 1.43. The number of nitrogens with zero attached hydrogens (tertiary/aromatic N) is 2. The lowest BCUT2D eigenvalue weighted by Gasteiger charge is -2.13. The van der Waals surface area contributed by atoms with Gasteiger partial charge in [0, 0.05) is 31.0 Å². The Labute approximate surface area is 93.7 Å². The van der Waals surface area contributed by atoms with Gasteiger partial charge in [-0.15, -0.1) is 0 Å².